The van der Waals surface area contributed by atoms with Gasteiger partial charge in [-0.3, -0.25) is 0 Å². The highest BCUT2D eigenvalue weighted by Crippen LogP contribution is 2.12. The normalized spacial score (nSPS) is 11.4. The van der Waals surface area contributed by atoms with Crippen LogP contribution in [0.1, 0.15) is 129 Å². The monoisotopic (exact) mass is 377 g/mol. The van der Waals surface area contributed by atoms with Crippen LogP contribution in [0.3, 0.4) is 0 Å². The van der Waals surface area contributed by atoms with Gasteiger partial charge in [-0.05, 0) is 25.7 Å². The molecule has 1 aromatic rings. The van der Waals surface area contributed by atoms with Gasteiger partial charge in [0.15, 0.2) is 0 Å². The molecule has 0 radical (unpaired) electrons. The SMILES string of the molecule is CCCCCCCCCCCn1cc[n+](CCC)c1CCCCCCCC. The van der Waals surface area contributed by atoms with Crippen LogP contribution in [0.5, 0.6) is 0 Å². The second kappa shape index (κ2) is 17.3. The van der Waals surface area contributed by atoms with Crippen LogP contribution >= 0.6 is 0 Å². The fourth-order valence-corrected chi connectivity index (χ4v) is 4.09. The molecule has 0 aliphatic heterocycles. The maximum Gasteiger partial charge on any atom is 0.256 e. The summed E-state index contributed by atoms with van der Waals surface area (Å²) < 4.78 is 5.07. The van der Waals surface area contributed by atoms with E-state index in [9.17, 15) is 0 Å². The van der Waals surface area contributed by atoms with Crippen molar-refractivity contribution < 1.29 is 4.57 Å². The van der Waals surface area contributed by atoms with E-state index < -0.39 is 0 Å². The van der Waals surface area contributed by atoms with Crippen LogP contribution in [0.15, 0.2) is 12.4 Å². The molecule has 2 nitrogen and oxygen atoms in total. The highest BCUT2D eigenvalue weighted by Gasteiger charge is 2.15. The summed E-state index contributed by atoms with van der Waals surface area (Å²) in [6, 6.07) is 0. The number of nitrogens with zero attached hydrogens (tertiary/aromatic N) is 2. The molecule has 1 aromatic heterocycles. The lowest BCUT2D eigenvalue weighted by atomic mass is 10.1. The van der Waals surface area contributed by atoms with E-state index in [1.165, 1.54) is 122 Å². The van der Waals surface area contributed by atoms with Gasteiger partial charge in [0.1, 0.15) is 12.4 Å². The molecule has 0 aromatic carbocycles. The third kappa shape index (κ3) is 11.6. The molecule has 158 valence electrons. The molecule has 0 aliphatic carbocycles. The van der Waals surface area contributed by atoms with Crippen molar-refractivity contribution in [2.24, 2.45) is 0 Å². The van der Waals surface area contributed by atoms with Gasteiger partial charge in [0.2, 0.25) is 0 Å². The van der Waals surface area contributed by atoms with Crippen LogP contribution in [0.2, 0.25) is 0 Å². The number of rotatable bonds is 19. The van der Waals surface area contributed by atoms with Gasteiger partial charge in [0.25, 0.3) is 5.82 Å². The van der Waals surface area contributed by atoms with Gasteiger partial charge in [-0.2, -0.15) is 0 Å². The summed E-state index contributed by atoms with van der Waals surface area (Å²) in [7, 11) is 0. The highest BCUT2D eigenvalue weighted by molar-refractivity contribution is 4.84. The van der Waals surface area contributed by atoms with Gasteiger partial charge in [-0.15, -0.1) is 0 Å². The van der Waals surface area contributed by atoms with E-state index in [1.807, 2.05) is 0 Å². The zero-order valence-electron chi connectivity index (χ0n) is 19.0. The van der Waals surface area contributed by atoms with E-state index in [0.29, 0.717) is 0 Å². The molecule has 27 heavy (non-hydrogen) atoms. The molecule has 0 N–H and O–H groups in total. The Kier molecular flexibility index (Phi) is 15.6. The third-order valence-electron chi connectivity index (χ3n) is 5.81. The number of hydrogen-bond donors (Lipinski definition) is 0. The zero-order chi connectivity index (χ0) is 19.6. The van der Waals surface area contributed by atoms with E-state index in [1.54, 1.807) is 5.82 Å². The van der Waals surface area contributed by atoms with Crippen LogP contribution in [0, 0.1) is 0 Å². The van der Waals surface area contributed by atoms with Crippen molar-refractivity contribution in [2.45, 2.75) is 143 Å². The van der Waals surface area contributed by atoms with E-state index in [2.05, 4.69) is 42.3 Å². The van der Waals surface area contributed by atoms with E-state index in [0.717, 1.165) is 0 Å². The molecule has 0 atom stereocenters. The standard InChI is InChI=1S/C25H49N2/c1-4-7-9-11-13-14-15-17-19-22-27-24-23-26(21-6-3)25(27)20-18-16-12-10-8-5-2/h23-24H,4-22H2,1-3H3/q+1. The van der Waals surface area contributed by atoms with Crippen LogP contribution in [0.4, 0.5) is 0 Å². The Bertz CT molecular complexity index is 436. The molecule has 0 saturated heterocycles. The molecular formula is C25H49N2+. The summed E-state index contributed by atoms with van der Waals surface area (Å²) in [6.07, 6.45) is 28.2. The molecular weight excluding hydrogens is 328 g/mol. The summed E-state index contributed by atoms with van der Waals surface area (Å²) in [5.41, 5.74) is 0. The molecule has 0 bridgehead atoms. The predicted molar refractivity (Wildman–Crippen MR) is 119 cm³/mol. The van der Waals surface area contributed by atoms with E-state index >= 15 is 0 Å². The lowest BCUT2D eigenvalue weighted by molar-refractivity contribution is -0.703. The summed E-state index contributed by atoms with van der Waals surface area (Å²) in [4.78, 5) is 0. The average Bonchev–Trinajstić information content (AvgIpc) is 3.05. The van der Waals surface area contributed by atoms with Crippen LogP contribution in [-0.2, 0) is 19.5 Å². The summed E-state index contributed by atoms with van der Waals surface area (Å²) in [5.74, 6) is 1.58. The number of aryl methyl sites for hydroxylation is 2. The molecule has 2 heteroatoms. The third-order valence-corrected chi connectivity index (χ3v) is 5.81. The first-order valence-electron chi connectivity index (χ1n) is 12.4. The van der Waals surface area contributed by atoms with Gasteiger partial charge in [0.05, 0.1) is 13.1 Å². The minimum Gasteiger partial charge on any atom is -0.234 e. The minimum absolute atomic E-state index is 1.18. The Morgan fingerprint density at radius 1 is 0.630 bits per heavy atom. The first-order valence-corrected chi connectivity index (χ1v) is 12.4. The van der Waals surface area contributed by atoms with Crippen molar-refractivity contribution in [3.63, 3.8) is 0 Å². The Morgan fingerprint density at radius 3 is 1.70 bits per heavy atom. The van der Waals surface area contributed by atoms with Gasteiger partial charge in [-0.25, -0.2) is 9.13 Å². The topological polar surface area (TPSA) is 8.81 Å². The fraction of sp³-hybridized carbons (Fsp3) is 0.880. The van der Waals surface area contributed by atoms with Gasteiger partial charge in [-0.1, -0.05) is 97.8 Å². The van der Waals surface area contributed by atoms with Crippen molar-refractivity contribution in [3.8, 4) is 0 Å². The number of imidazole rings is 1. The number of hydrogen-bond acceptors (Lipinski definition) is 0. The largest absolute Gasteiger partial charge is 0.256 e. The molecule has 0 aliphatic rings. The first kappa shape index (κ1) is 24.2. The van der Waals surface area contributed by atoms with Gasteiger partial charge in [0, 0.05) is 6.42 Å². The summed E-state index contributed by atoms with van der Waals surface area (Å²) in [6.45, 7) is 9.28. The molecule has 0 amide bonds. The number of unbranched alkanes of at least 4 members (excludes halogenated alkanes) is 13. The lowest BCUT2D eigenvalue weighted by Crippen LogP contribution is -2.37. The second-order valence-electron chi connectivity index (χ2n) is 8.45. The average molecular weight is 378 g/mol. The second-order valence-corrected chi connectivity index (χ2v) is 8.45. The highest BCUT2D eigenvalue weighted by atomic mass is 15.1. The van der Waals surface area contributed by atoms with Crippen LogP contribution < -0.4 is 4.57 Å². The maximum atomic E-state index is 2.56. The van der Waals surface area contributed by atoms with Crippen molar-refractivity contribution >= 4 is 0 Å². The van der Waals surface area contributed by atoms with Gasteiger partial charge >= 0.3 is 0 Å². The summed E-state index contributed by atoms with van der Waals surface area (Å²) >= 11 is 0. The molecule has 0 unspecified atom stereocenters. The summed E-state index contributed by atoms with van der Waals surface area (Å²) in [5, 5.41) is 0. The molecule has 0 saturated carbocycles. The van der Waals surface area contributed by atoms with Crippen LogP contribution in [-0.4, -0.2) is 4.57 Å². The Labute approximate surface area is 170 Å². The Morgan fingerprint density at radius 2 is 1.15 bits per heavy atom. The minimum atomic E-state index is 1.18. The van der Waals surface area contributed by atoms with E-state index in [4.69, 9.17) is 0 Å². The van der Waals surface area contributed by atoms with Crippen molar-refractivity contribution in [2.75, 3.05) is 0 Å². The Balaban J connectivity index is 2.26. The fourth-order valence-electron chi connectivity index (χ4n) is 4.09. The molecule has 0 fully saturated rings. The van der Waals surface area contributed by atoms with Crippen molar-refractivity contribution in [1.29, 1.82) is 0 Å². The van der Waals surface area contributed by atoms with E-state index in [-0.39, 0.29) is 0 Å². The Hall–Kier alpha value is -0.790. The molecule has 0 spiro atoms. The molecule has 1 heterocycles. The maximum absolute atomic E-state index is 2.56. The quantitative estimate of drug-likeness (QED) is 0.173. The zero-order valence-corrected chi connectivity index (χ0v) is 19.0. The first-order chi connectivity index (χ1) is 13.3. The molecule has 1 rings (SSSR count). The van der Waals surface area contributed by atoms with Crippen LogP contribution in [0.25, 0.3) is 0 Å². The predicted octanol–water partition coefficient (Wildman–Crippen LogP) is 7.62. The lowest BCUT2D eigenvalue weighted by Gasteiger charge is -2.06. The van der Waals surface area contributed by atoms with Crippen molar-refractivity contribution in [1.82, 2.24) is 4.57 Å². The number of aromatic nitrogens is 2. The smallest absolute Gasteiger partial charge is 0.234 e. The van der Waals surface area contributed by atoms with Crippen molar-refractivity contribution in [3.05, 3.63) is 18.2 Å². The van der Waals surface area contributed by atoms with Gasteiger partial charge < -0.3 is 0 Å².